The fourth-order valence-electron chi connectivity index (χ4n) is 2.63. The van der Waals surface area contributed by atoms with Crippen molar-refractivity contribution in [3.05, 3.63) is 63.7 Å². The first-order valence-corrected chi connectivity index (χ1v) is 8.86. The van der Waals surface area contributed by atoms with Crippen LogP contribution < -0.4 is 5.43 Å². The zero-order chi connectivity index (χ0) is 17.3. The van der Waals surface area contributed by atoms with Crippen molar-refractivity contribution in [3.8, 4) is 11.3 Å². The zero-order valence-corrected chi connectivity index (χ0v) is 15.1. The molecule has 0 spiro atoms. The van der Waals surface area contributed by atoms with Crippen molar-refractivity contribution in [1.82, 2.24) is 9.66 Å². The van der Waals surface area contributed by atoms with Crippen LogP contribution in [0.4, 0.5) is 0 Å². The van der Waals surface area contributed by atoms with Gasteiger partial charge in [-0.2, -0.15) is 0 Å². The third-order valence-electron chi connectivity index (χ3n) is 3.97. The number of benzene rings is 1. The Labute approximate surface area is 146 Å². The van der Waals surface area contributed by atoms with Gasteiger partial charge < -0.3 is 0 Å². The molecular formula is C19H21N3OS. The van der Waals surface area contributed by atoms with Gasteiger partial charge in [0.05, 0.1) is 10.7 Å². The second-order valence-corrected chi connectivity index (χ2v) is 7.04. The predicted molar refractivity (Wildman–Crippen MR) is 99.2 cm³/mol. The molecule has 0 fully saturated rings. The standard InChI is InChI=1S/C19H21N3OS/c1-12(2)19-20-17(11-24-19)16-10-13(3)22(14(16)4)21-18(23)15-8-6-5-7-9-15/h5-12H,1-4H3,(H,21,23). The average molecular weight is 339 g/mol. The van der Waals surface area contributed by atoms with Gasteiger partial charge in [-0.25, -0.2) is 4.98 Å². The molecule has 0 bridgehead atoms. The van der Waals surface area contributed by atoms with Crippen molar-refractivity contribution in [1.29, 1.82) is 0 Å². The molecule has 1 N–H and O–H groups in total. The molecule has 2 heterocycles. The van der Waals surface area contributed by atoms with Gasteiger partial charge in [-0.05, 0) is 32.0 Å². The van der Waals surface area contributed by atoms with Crippen molar-refractivity contribution < 1.29 is 4.79 Å². The van der Waals surface area contributed by atoms with Gasteiger partial charge in [-0.15, -0.1) is 11.3 Å². The lowest BCUT2D eigenvalue weighted by Gasteiger charge is -2.11. The molecule has 24 heavy (non-hydrogen) atoms. The Morgan fingerprint density at radius 2 is 1.92 bits per heavy atom. The Morgan fingerprint density at radius 1 is 1.21 bits per heavy atom. The third kappa shape index (κ3) is 3.12. The molecule has 0 aliphatic rings. The van der Waals surface area contributed by atoms with Gasteiger partial charge in [-0.3, -0.25) is 14.9 Å². The molecule has 0 radical (unpaired) electrons. The highest BCUT2D eigenvalue weighted by molar-refractivity contribution is 7.10. The van der Waals surface area contributed by atoms with E-state index in [1.807, 2.05) is 36.7 Å². The number of aryl methyl sites for hydroxylation is 1. The predicted octanol–water partition coefficient (Wildman–Crippen LogP) is 4.74. The molecule has 3 rings (SSSR count). The number of carbonyl (C=O) groups excluding carboxylic acids is 1. The minimum atomic E-state index is -0.120. The Kier molecular flexibility index (Phi) is 4.53. The maximum atomic E-state index is 12.4. The van der Waals surface area contributed by atoms with Crippen molar-refractivity contribution in [3.63, 3.8) is 0 Å². The van der Waals surface area contributed by atoms with E-state index in [-0.39, 0.29) is 5.91 Å². The van der Waals surface area contributed by atoms with Gasteiger partial charge in [0.1, 0.15) is 0 Å². The van der Waals surface area contributed by atoms with Gasteiger partial charge in [0, 0.05) is 33.8 Å². The van der Waals surface area contributed by atoms with Crippen LogP contribution in [0.25, 0.3) is 11.3 Å². The van der Waals surface area contributed by atoms with Gasteiger partial charge in [0.2, 0.25) is 0 Å². The highest BCUT2D eigenvalue weighted by Crippen LogP contribution is 2.30. The first-order chi connectivity index (χ1) is 11.5. The van der Waals surface area contributed by atoms with Gasteiger partial charge >= 0.3 is 0 Å². The van der Waals surface area contributed by atoms with Gasteiger partial charge in [0.25, 0.3) is 5.91 Å². The van der Waals surface area contributed by atoms with E-state index in [2.05, 4.69) is 30.7 Å². The fraction of sp³-hybridized carbons (Fsp3) is 0.263. The zero-order valence-electron chi connectivity index (χ0n) is 14.3. The molecule has 4 nitrogen and oxygen atoms in total. The van der Waals surface area contributed by atoms with Crippen LogP contribution in [0.3, 0.4) is 0 Å². The van der Waals surface area contributed by atoms with Crippen LogP contribution in [0.5, 0.6) is 0 Å². The molecule has 2 aromatic heterocycles. The fourth-order valence-corrected chi connectivity index (χ4v) is 3.46. The first kappa shape index (κ1) is 16.5. The van der Waals surface area contributed by atoms with Crippen molar-refractivity contribution in [2.45, 2.75) is 33.6 Å². The van der Waals surface area contributed by atoms with Gasteiger partial charge in [0.15, 0.2) is 0 Å². The highest BCUT2D eigenvalue weighted by Gasteiger charge is 2.16. The van der Waals surface area contributed by atoms with Crippen LogP contribution in [-0.2, 0) is 0 Å². The van der Waals surface area contributed by atoms with E-state index in [1.54, 1.807) is 23.5 Å². The second kappa shape index (κ2) is 6.61. The lowest BCUT2D eigenvalue weighted by atomic mass is 10.2. The van der Waals surface area contributed by atoms with Crippen LogP contribution in [0.2, 0.25) is 0 Å². The summed E-state index contributed by atoms with van der Waals surface area (Å²) in [5.41, 5.74) is 7.60. The quantitative estimate of drug-likeness (QED) is 0.746. The van der Waals surface area contributed by atoms with Crippen LogP contribution in [0, 0.1) is 13.8 Å². The normalized spacial score (nSPS) is 11.0. The minimum Gasteiger partial charge on any atom is -0.267 e. The number of hydrogen-bond donors (Lipinski definition) is 1. The molecule has 0 aliphatic heterocycles. The topological polar surface area (TPSA) is 46.9 Å². The van der Waals surface area contributed by atoms with Crippen LogP contribution in [0.15, 0.2) is 41.8 Å². The summed E-state index contributed by atoms with van der Waals surface area (Å²) >= 11 is 1.68. The maximum absolute atomic E-state index is 12.4. The Hall–Kier alpha value is -2.40. The van der Waals surface area contributed by atoms with E-state index in [4.69, 9.17) is 4.98 Å². The van der Waals surface area contributed by atoms with E-state index in [0.717, 1.165) is 27.7 Å². The number of amides is 1. The van der Waals surface area contributed by atoms with E-state index in [0.29, 0.717) is 11.5 Å². The molecule has 0 atom stereocenters. The van der Waals surface area contributed by atoms with E-state index in [1.165, 1.54) is 0 Å². The molecule has 124 valence electrons. The monoisotopic (exact) mass is 339 g/mol. The van der Waals surface area contributed by atoms with Crippen molar-refractivity contribution in [2.75, 3.05) is 5.43 Å². The molecular weight excluding hydrogens is 318 g/mol. The summed E-state index contributed by atoms with van der Waals surface area (Å²) in [5, 5.41) is 3.21. The first-order valence-electron chi connectivity index (χ1n) is 7.98. The molecule has 1 aromatic carbocycles. The summed E-state index contributed by atoms with van der Waals surface area (Å²) in [6.07, 6.45) is 0. The van der Waals surface area contributed by atoms with Crippen molar-refractivity contribution >= 4 is 17.2 Å². The maximum Gasteiger partial charge on any atom is 0.270 e. The molecule has 0 aliphatic carbocycles. The van der Waals surface area contributed by atoms with Crippen LogP contribution in [0.1, 0.15) is 46.5 Å². The molecule has 0 unspecified atom stereocenters. The Bertz CT molecular complexity index is 862. The molecule has 5 heteroatoms. The molecule has 3 aromatic rings. The number of rotatable bonds is 4. The molecule has 1 amide bonds. The third-order valence-corrected chi connectivity index (χ3v) is 5.12. The van der Waals surface area contributed by atoms with Crippen LogP contribution in [-0.4, -0.2) is 15.6 Å². The highest BCUT2D eigenvalue weighted by atomic mass is 32.1. The van der Waals surface area contributed by atoms with E-state index < -0.39 is 0 Å². The number of hydrogen-bond acceptors (Lipinski definition) is 3. The van der Waals surface area contributed by atoms with Crippen molar-refractivity contribution in [2.24, 2.45) is 0 Å². The number of thiazole rings is 1. The Balaban J connectivity index is 1.90. The van der Waals surface area contributed by atoms with E-state index >= 15 is 0 Å². The smallest absolute Gasteiger partial charge is 0.267 e. The number of nitrogens with zero attached hydrogens (tertiary/aromatic N) is 2. The lowest BCUT2D eigenvalue weighted by Crippen LogP contribution is -2.24. The second-order valence-electron chi connectivity index (χ2n) is 6.15. The summed E-state index contributed by atoms with van der Waals surface area (Å²) in [4.78, 5) is 17.1. The summed E-state index contributed by atoms with van der Waals surface area (Å²) in [7, 11) is 0. The van der Waals surface area contributed by atoms with Gasteiger partial charge in [-0.1, -0.05) is 32.0 Å². The minimum absolute atomic E-state index is 0.120. The summed E-state index contributed by atoms with van der Waals surface area (Å²) in [6.45, 7) is 8.28. The summed E-state index contributed by atoms with van der Waals surface area (Å²) in [5.74, 6) is 0.301. The molecule has 0 saturated heterocycles. The van der Waals surface area contributed by atoms with E-state index in [9.17, 15) is 4.79 Å². The summed E-state index contributed by atoms with van der Waals surface area (Å²) in [6, 6.07) is 11.3. The number of aromatic nitrogens is 2. The largest absolute Gasteiger partial charge is 0.270 e. The lowest BCUT2D eigenvalue weighted by molar-refractivity contribution is 0.101. The number of nitrogens with one attached hydrogen (secondary N) is 1. The molecule has 0 saturated carbocycles. The van der Waals surface area contributed by atoms with Crippen LogP contribution >= 0.6 is 11.3 Å². The number of carbonyl (C=O) groups is 1. The summed E-state index contributed by atoms with van der Waals surface area (Å²) < 4.78 is 1.83. The SMILES string of the molecule is Cc1cc(-c2csc(C(C)C)n2)c(C)n1NC(=O)c1ccccc1. The Morgan fingerprint density at radius 3 is 2.54 bits per heavy atom. The average Bonchev–Trinajstić information content (AvgIpc) is 3.16.